The molecule has 2 rings (SSSR count). The van der Waals surface area contributed by atoms with Crippen molar-refractivity contribution in [2.75, 3.05) is 31.1 Å². The lowest BCUT2D eigenvalue weighted by atomic mass is 10.0. The number of anilines is 1. The van der Waals surface area contributed by atoms with Gasteiger partial charge >= 0.3 is 5.97 Å². The summed E-state index contributed by atoms with van der Waals surface area (Å²) in [6.45, 7) is 6.63. The molecule has 1 aromatic rings. The minimum Gasteiger partial charge on any atom is -0.481 e. The molecule has 1 aliphatic heterocycles. The van der Waals surface area contributed by atoms with Crippen LogP contribution in [-0.2, 0) is 4.79 Å². The van der Waals surface area contributed by atoms with E-state index in [4.69, 9.17) is 5.11 Å². The van der Waals surface area contributed by atoms with Crippen LogP contribution in [0.25, 0.3) is 0 Å². The van der Waals surface area contributed by atoms with Crippen LogP contribution >= 0.6 is 0 Å². The molecule has 0 radical (unpaired) electrons. The maximum atomic E-state index is 13.7. The van der Waals surface area contributed by atoms with Gasteiger partial charge in [-0.15, -0.1) is 0 Å². The lowest BCUT2D eigenvalue weighted by molar-refractivity contribution is -0.143. The van der Waals surface area contributed by atoms with Crippen molar-refractivity contribution in [3.05, 3.63) is 30.1 Å². The number of benzene rings is 1. The molecule has 110 valence electrons. The molecule has 1 fully saturated rings. The maximum absolute atomic E-state index is 13.7. The largest absolute Gasteiger partial charge is 0.481 e. The van der Waals surface area contributed by atoms with E-state index in [1.807, 2.05) is 17.9 Å². The summed E-state index contributed by atoms with van der Waals surface area (Å²) < 4.78 is 13.7. The van der Waals surface area contributed by atoms with Crippen molar-refractivity contribution >= 4 is 11.7 Å². The van der Waals surface area contributed by atoms with Gasteiger partial charge in [0.1, 0.15) is 5.82 Å². The summed E-state index contributed by atoms with van der Waals surface area (Å²) in [5.41, 5.74) is 0.631. The number of rotatable bonds is 4. The first-order valence-electron chi connectivity index (χ1n) is 6.97. The quantitative estimate of drug-likeness (QED) is 0.917. The standard InChI is InChI=1S/C15H21FN2O2/c1-11(15(19)20)12(2)17-7-9-18(10-8-17)14-6-4-3-5-13(14)16/h3-6,11-12H,7-10H2,1-2H3,(H,19,20). The number of nitrogens with zero attached hydrogens (tertiary/aromatic N) is 2. The van der Waals surface area contributed by atoms with E-state index in [1.54, 1.807) is 19.1 Å². The monoisotopic (exact) mass is 280 g/mol. The Balaban J connectivity index is 1.96. The Kier molecular flexibility index (Phi) is 4.60. The zero-order valence-electron chi connectivity index (χ0n) is 11.9. The van der Waals surface area contributed by atoms with Gasteiger partial charge in [-0.2, -0.15) is 0 Å². The highest BCUT2D eigenvalue weighted by Crippen LogP contribution is 2.22. The van der Waals surface area contributed by atoms with E-state index in [0.29, 0.717) is 5.69 Å². The highest BCUT2D eigenvalue weighted by molar-refractivity contribution is 5.70. The molecule has 0 saturated carbocycles. The maximum Gasteiger partial charge on any atom is 0.307 e. The molecule has 0 spiro atoms. The average Bonchev–Trinajstić information content (AvgIpc) is 2.46. The van der Waals surface area contributed by atoms with Crippen LogP contribution in [0.4, 0.5) is 10.1 Å². The van der Waals surface area contributed by atoms with E-state index >= 15 is 0 Å². The van der Waals surface area contributed by atoms with Crippen LogP contribution in [0.5, 0.6) is 0 Å². The number of carboxylic acid groups (broad SMARTS) is 1. The Morgan fingerprint density at radius 2 is 1.80 bits per heavy atom. The van der Waals surface area contributed by atoms with Crippen molar-refractivity contribution in [2.24, 2.45) is 5.92 Å². The van der Waals surface area contributed by atoms with Gasteiger partial charge in [0.15, 0.2) is 0 Å². The van der Waals surface area contributed by atoms with Gasteiger partial charge < -0.3 is 10.0 Å². The first-order valence-corrected chi connectivity index (χ1v) is 6.97. The minimum absolute atomic E-state index is 0.00438. The molecule has 2 unspecified atom stereocenters. The fourth-order valence-electron chi connectivity index (χ4n) is 2.60. The first-order chi connectivity index (χ1) is 9.50. The molecule has 0 aliphatic carbocycles. The van der Waals surface area contributed by atoms with E-state index in [0.717, 1.165) is 26.2 Å². The van der Waals surface area contributed by atoms with Gasteiger partial charge in [-0.25, -0.2) is 4.39 Å². The van der Waals surface area contributed by atoms with E-state index in [2.05, 4.69) is 4.90 Å². The van der Waals surface area contributed by atoms with Gasteiger partial charge in [0.25, 0.3) is 0 Å². The van der Waals surface area contributed by atoms with Gasteiger partial charge in [0.05, 0.1) is 11.6 Å². The lowest BCUT2D eigenvalue weighted by Gasteiger charge is -2.40. The van der Waals surface area contributed by atoms with Crippen molar-refractivity contribution < 1.29 is 14.3 Å². The number of hydrogen-bond acceptors (Lipinski definition) is 3. The molecule has 4 nitrogen and oxygen atoms in total. The summed E-state index contributed by atoms with van der Waals surface area (Å²) in [6.07, 6.45) is 0. The van der Waals surface area contributed by atoms with Crippen LogP contribution in [-0.4, -0.2) is 48.2 Å². The second kappa shape index (κ2) is 6.22. The Labute approximate surface area is 118 Å². The number of para-hydroxylation sites is 1. The van der Waals surface area contributed by atoms with Crippen molar-refractivity contribution in [1.29, 1.82) is 0 Å². The molecule has 20 heavy (non-hydrogen) atoms. The fraction of sp³-hybridized carbons (Fsp3) is 0.533. The van der Waals surface area contributed by atoms with Crippen molar-refractivity contribution in [2.45, 2.75) is 19.9 Å². The highest BCUT2D eigenvalue weighted by Gasteiger charge is 2.28. The predicted octanol–water partition coefficient (Wildman–Crippen LogP) is 2.06. The number of piperazine rings is 1. The lowest BCUT2D eigenvalue weighted by Crippen LogP contribution is -2.52. The van der Waals surface area contributed by atoms with E-state index in [-0.39, 0.29) is 11.9 Å². The van der Waals surface area contributed by atoms with Gasteiger partial charge in [0, 0.05) is 32.2 Å². The molecule has 1 N–H and O–H groups in total. The normalized spacial score (nSPS) is 19.6. The second-order valence-electron chi connectivity index (χ2n) is 5.34. The number of hydrogen-bond donors (Lipinski definition) is 1. The number of carboxylic acids is 1. The van der Waals surface area contributed by atoms with E-state index in [1.165, 1.54) is 6.07 Å². The summed E-state index contributed by atoms with van der Waals surface area (Å²) in [4.78, 5) is 15.2. The molecular weight excluding hydrogens is 259 g/mol. The third-order valence-electron chi connectivity index (χ3n) is 4.20. The summed E-state index contributed by atoms with van der Waals surface area (Å²) in [6, 6.07) is 6.77. The third-order valence-corrected chi connectivity index (χ3v) is 4.20. The topological polar surface area (TPSA) is 43.8 Å². The van der Waals surface area contributed by atoms with Crippen LogP contribution < -0.4 is 4.90 Å². The van der Waals surface area contributed by atoms with Crippen LogP contribution in [0.15, 0.2) is 24.3 Å². The average molecular weight is 280 g/mol. The predicted molar refractivity (Wildman–Crippen MR) is 76.4 cm³/mol. The number of halogens is 1. The Morgan fingerprint density at radius 1 is 1.20 bits per heavy atom. The molecule has 1 aliphatic rings. The molecule has 5 heteroatoms. The Morgan fingerprint density at radius 3 is 2.35 bits per heavy atom. The molecular formula is C15H21FN2O2. The Bertz CT molecular complexity index is 473. The molecule has 0 aromatic heterocycles. The SMILES string of the molecule is CC(C(=O)O)C(C)N1CCN(c2ccccc2F)CC1. The number of aliphatic carboxylic acids is 1. The second-order valence-corrected chi connectivity index (χ2v) is 5.34. The van der Waals surface area contributed by atoms with Crippen LogP contribution in [0.2, 0.25) is 0 Å². The molecule has 0 amide bonds. The zero-order valence-corrected chi connectivity index (χ0v) is 11.9. The van der Waals surface area contributed by atoms with Crippen LogP contribution in [0.1, 0.15) is 13.8 Å². The fourth-order valence-corrected chi connectivity index (χ4v) is 2.60. The van der Waals surface area contributed by atoms with Gasteiger partial charge in [-0.1, -0.05) is 19.1 Å². The third kappa shape index (κ3) is 3.10. The van der Waals surface area contributed by atoms with Crippen molar-refractivity contribution in [1.82, 2.24) is 4.90 Å². The zero-order chi connectivity index (χ0) is 14.7. The van der Waals surface area contributed by atoms with Gasteiger partial charge in [0.2, 0.25) is 0 Å². The van der Waals surface area contributed by atoms with E-state index < -0.39 is 11.9 Å². The minimum atomic E-state index is -0.769. The summed E-state index contributed by atoms with van der Waals surface area (Å²) >= 11 is 0. The molecule has 1 heterocycles. The van der Waals surface area contributed by atoms with Crippen molar-refractivity contribution in [3.63, 3.8) is 0 Å². The summed E-state index contributed by atoms with van der Waals surface area (Å²) in [5, 5.41) is 9.06. The highest BCUT2D eigenvalue weighted by atomic mass is 19.1. The summed E-state index contributed by atoms with van der Waals surface area (Å²) in [5.74, 6) is -1.36. The molecule has 1 saturated heterocycles. The van der Waals surface area contributed by atoms with Crippen LogP contribution in [0.3, 0.4) is 0 Å². The van der Waals surface area contributed by atoms with Gasteiger partial charge in [-0.05, 0) is 19.1 Å². The molecule has 1 aromatic carbocycles. The smallest absolute Gasteiger partial charge is 0.307 e. The van der Waals surface area contributed by atoms with E-state index in [9.17, 15) is 9.18 Å². The number of carbonyl (C=O) groups is 1. The molecule has 2 atom stereocenters. The summed E-state index contributed by atoms with van der Waals surface area (Å²) in [7, 11) is 0. The van der Waals surface area contributed by atoms with Crippen molar-refractivity contribution in [3.8, 4) is 0 Å². The van der Waals surface area contributed by atoms with Crippen LogP contribution in [0, 0.1) is 11.7 Å². The van der Waals surface area contributed by atoms with Gasteiger partial charge in [-0.3, -0.25) is 9.69 Å². The Hall–Kier alpha value is -1.62. The first kappa shape index (κ1) is 14.8. The molecule has 0 bridgehead atoms.